The smallest absolute Gasteiger partial charge is 0.251 e. The molecule has 0 bridgehead atoms. The van der Waals surface area contributed by atoms with Crippen LogP contribution < -0.4 is 5.56 Å². The molecule has 0 unspecified atom stereocenters. The monoisotopic (exact) mass is 395 g/mol. The summed E-state index contributed by atoms with van der Waals surface area (Å²) in [5.41, 5.74) is 4.49. The van der Waals surface area contributed by atoms with Gasteiger partial charge < -0.3 is 4.57 Å². The number of hydrogen-bond donors (Lipinski definition) is 0. The summed E-state index contributed by atoms with van der Waals surface area (Å²) >= 11 is 0. The van der Waals surface area contributed by atoms with E-state index >= 15 is 0 Å². The lowest BCUT2D eigenvalue weighted by atomic mass is 10.1. The second-order valence-corrected chi connectivity index (χ2v) is 7.34. The van der Waals surface area contributed by atoms with Crippen LogP contribution >= 0.6 is 0 Å². The van der Waals surface area contributed by atoms with E-state index < -0.39 is 0 Å². The highest BCUT2D eigenvalue weighted by Gasteiger charge is 2.12. The van der Waals surface area contributed by atoms with Crippen molar-refractivity contribution >= 4 is 16.6 Å². The third kappa shape index (κ3) is 3.16. The minimum Gasteiger partial charge on any atom is -0.316 e. The summed E-state index contributed by atoms with van der Waals surface area (Å²) in [5, 5.41) is 9.85. The molecule has 0 N–H and O–H groups in total. The zero-order valence-corrected chi connectivity index (χ0v) is 16.7. The summed E-state index contributed by atoms with van der Waals surface area (Å²) in [6.07, 6.45) is 7.68. The summed E-state index contributed by atoms with van der Waals surface area (Å²) in [7, 11) is 0. The molecular formula is C24H21N5O. The molecule has 0 saturated carbocycles. The second-order valence-electron chi connectivity index (χ2n) is 7.34. The van der Waals surface area contributed by atoms with Gasteiger partial charge >= 0.3 is 0 Å². The van der Waals surface area contributed by atoms with Gasteiger partial charge in [-0.15, -0.1) is 10.2 Å². The fourth-order valence-corrected chi connectivity index (χ4v) is 3.75. The van der Waals surface area contributed by atoms with Crippen molar-refractivity contribution in [1.82, 2.24) is 24.1 Å². The maximum atomic E-state index is 12.4. The Morgan fingerprint density at radius 2 is 1.77 bits per heavy atom. The van der Waals surface area contributed by atoms with Crippen molar-refractivity contribution in [2.45, 2.75) is 26.3 Å². The van der Waals surface area contributed by atoms with Crippen LogP contribution in [0.4, 0.5) is 0 Å². The lowest BCUT2D eigenvalue weighted by molar-refractivity contribution is 0.613. The zero-order valence-electron chi connectivity index (χ0n) is 16.7. The normalized spacial score (nSPS) is 11.4. The Kier molecular flexibility index (Phi) is 4.59. The van der Waals surface area contributed by atoms with Crippen molar-refractivity contribution in [3.63, 3.8) is 0 Å². The van der Waals surface area contributed by atoms with Crippen molar-refractivity contribution < 1.29 is 0 Å². The quantitative estimate of drug-likeness (QED) is 0.437. The van der Waals surface area contributed by atoms with Crippen LogP contribution in [0.15, 0.2) is 78.0 Å². The van der Waals surface area contributed by atoms with E-state index in [4.69, 9.17) is 0 Å². The molecule has 0 aliphatic rings. The Morgan fingerprint density at radius 3 is 2.63 bits per heavy atom. The Labute approximate surface area is 173 Å². The number of benzene rings is 1. The predicted octanol–water partition coefficient (Wildman–Crippen LogP) is 4.57. The first-order valence-corrected chi connectivity index (χ1v) is 10.1. The summed E-state index contributed by atoms with van der Waals surface area (Å²) in [4.78, 5) is 16.9. The number of unbranched alkanes of at least 4 members (excludes halogenated alkanes) is 1. The van der Waals surface area contributed by atoms with Crippen molar-refractivity contribution in [2.75, 3.05) is 0 Å². The molecular weight excluding hydrogens is 374 g/mol. The molecule has 0 spiro atoms. The molecule has 0 atom stereocenters. The van der Waals surface area contributed by atoms with E-state index in [9.17, 15) is 4.79 Å². The van der Waals surface area contributed by atoms with Gasteiger partial charge in [-0.1, -0.05) is 31.5 Å². The fraction of sp³-hybridized carbons (Fsp3) is 0.167. The molecule has 6 heteroatoms. The van der Waals surface area contributed by atoms with E-state index in [-0.39, 0.29) is 5.56 Å². The molecule has 30 heavy (non-hydrogen) atoms. The first-order valence-electron chi connectivity index (χ1n) is 10.1. The van der Waals surface area contributed by atoms with Gasteiger partial charge in [0.1, 0.15) is 0 Å². The number of fused-ring (bicyclic) bond motifs is 2. The summed E-state index contributed by atoms with van der Waals surface area (Å²) in [6, 6.07) is 17.6. The number of rotatable bonds is 5. The fourth-order valence-electron chi connectivity index (χ4n) is 3.75. The lowest BCUT2D eigenvalue weighted by Gasteiger charge is -2.08. The Balaban J connectivity index is 1.56. The maximum absolute atomic E-state index is 12.4. The molecule has 6 nitrogen and oxygen atoms in total. The SMILES string of the molecule is CCCCn1ccc(-c2ccn3c(-c4ccnc5ccccc45)nnc3c2)cc1=O. The highest BCUT2D eigenvalue weighted by molar-refractivity contribution is 5.92. The summed E-state index contributed by atoms with van der Waals surface area (Å²) in [5.74, 6) is 0.769. The molecule has 0 amide bonds. The molecule has 0 saturated heterocycles. The minimum absolute atomic E-state index is 0.0197. The summed E-state index contributed by atoms with van der Waals surface area (Å²) < 4.78 is 3.73. The van der Waals surface area contributed by atoms with Crippen LogP contribution in [-0.2, 0) is 6.54 Å². The van der Waals surface area contributed by atoms with Crippen LogP contribution in [-0.4, -0.2) is 24.1 Å². The summed E-state index contributed by atoms with van der Waals surface area (Å²) in [6.45, 7) is 2.87. The van der Waals surface area contributed by atoms with Crippen LogP contribution in [0.5, 0.6) is 0 Å². The second kappa shape index (κ2) is 7.55. The van der Waals surface area contributed by atoms with E-state index in [0.717, 1.165) is 58.5 Å². The molecule has 0 aliphatic carbocycles. The Hall–Kier alpha value is -3.80. The van der Waals surface area contributed by atoms with E-state index in [0.29, 0.717) is 0 Å². The molecule has 1 aromatic carbocycles. The van der Waals surface area contributed by atoms with E-state index in [2.05, 4.69) is 22.1 Å². The standard InChI is InChI=1S/C24H21N5O/c1-2-3-12-28-13-9-18(16-23(28)30)17-10-14-29-22(15-17)26-27-24(29)20-8-11-25-21-7-5-4-6-19(20)21/h4-11,13-16H,2-3,12H2,1H3. The molecule has 0 radical (unpaired) electrons. The van der Waals surface area contributed by atoms with E-state index in [1.54, 1.807) is 16.8 Å². The van der Waals surface area contributed by atoms with Gasteiger partial charge in [-0.2, -0.15) is 0 Å². The molecule has 4 aromatic heterocycles. The first kappa shape index (κ1) is 18.2. The third-order valence-corrected chi connectivity index (χ3v) is 5.38. The van der Waals surface area contributed by atoms with Crippen LogP contribution in [0.25, 0.3) is 39.1 Å². The molecule has 0 aliphatic heterocycles. The first-order chi connectivity index (χ1) is 14.7. The minimum atomic E-state index is 0.0197. The third-order valence-electron chi connectivity index (χ3n) is 5.38. The average Bonchev–Trinajstić information content (AvgIpc) is 3.21. The van der Waals surface area contributed by atoms with Crippen LogP contribution in [0.1, 0.15) is 19.8 Å². The number of hydrogen-bond acceptors (Lipinski definition) is 4. The molecule has 5 aromatic rings. The molecule has 148 valence electrons. The number of pyridine rings is 3. The van der Waals surface area contributed by atoms with E-state index in [1.807, 2.05) is 65.3 Å². The van der Waals surface area contributed by atoms with Gasteiger partial charge in [0.05, 0.1) is 5.52 Å². The highest BCUT2D eigenvalue weighted by atomic mass is 16.1. The van der Waals surface area contributed by atoms with Crippen LogP contribution in [0, 0.1) is 0 Å². The van der Waals surface area contributed by atoms with Crippen molar-refractivity contribution in [3.8, 4) is 22.5 Å². The van der Waals surface area contributed by atoms with Gasteiger partial charge in [-0.3, -0.25) is 14.2 Å². The van der Waals surface area contributed by atoms with Gasteiger partial charge in [0.2, 0.25) is 0 Å². The predicted molar refractivity (Wildman–Crippen MR) is 118 cm³/mol. The van der Waals surface area contributed by atoms with Crippen molar-refractivity contribution in [3.05, 3.63) is 83.5 Å². The molecule has 5 rings (SSSR count). The average molecular weight is 395 g/mol. The maximum Gasteiger partial charge on any atom is 0.251 e. The van der Waals surface area contributed by atoms with Gasteiger partial charge in [0, 0.05) is 42.2 Å². The van der Waals surface area contributed by atoms with Crippen LogP contribution in [0.2, 0.25) is 0 Å². The Bertz CT molecular complexity index is 1410. The topological polar surface area (TPSA) is 65.1 Å². The van der Waals surface area contributed by atoms with Gasteiger partial charge in [-0.05, 0) is 47.9 Å². The number of nitrogens with zero attached hydrogens (tertiary/aromatic N) is 5. The van der Waals surface area contributed by atoms with Crippen molar-refractivity contribution in [1.29, 1.82) is 0 Å². The largest absolute Gasteiger partial charge is 0.316 e. The highest BCUT2D eigenvalue weighted by Crippen LogP contribution is 2.27. The van der Waals surface area contributed by atoms with Crippen LogP contribution in [0.3, 0.4) is 0 Å². The lowest BCUT2D eigenvalue weighted by Crippen LogP contribution is -2.18. The number of aromatic nitrogens is 5. The number of aryl methyl sites for hydroxylation is 1. The Morgan fingerprint density at radius 1 is 0.933 bits per heavy atom. The van der Waals surface area contributed by atoms with Gasteiger partial charge in [0.15, 0.2) is 11.5 Å². The van der Waals surface area contributed by atoms with E-state index in [1.165, 1.54) is 0 Å². The molecule has 4 heterocycles. The van der Waals surface area contributed by atoms with Gasteiger partial charge in [-0.25, -0.2) is 0 Å². The van der Waals surface area contributed by atoms with Crippen molar-refractivity contribution in [2.24, 2.45) is 0 Å². The molecule has 0 fully saturated rings. The zero-order chi connectivity index (χ0) is 20.5. The number of para-hydroxylation sites is 1. The van der Waals surface area contributed by atoms with Gasteiger partial charge in [0.25, 0.3) is 5.56 Å².